The Morgan fingerprint density at radius 1 is 1.29 bits per heavy atom. The van der Waals surface area contributed by atoms with Crippen LogP contribution in [-0.4, -0.2) is 9.55 Å². The Bertz CT molecular complexity index is 557. The molecule has 2 aromatic rings. The van der Waals surface area contributed by atoms with Crippen molar-refractivity contribution in [3.05, 3.63) is 41.6 Å². The predicted molar refractivity (Wildman–Crippen MR) is 65.3 cm³/mol. The first-order chi connectivity index (χ1) is 8.25. The molecule has 88 valence electrons. The van der Waals surface area contributed by atoms with Crippen LogP contribution in [0, 0.1) is 12.7 Å². The van der Waals surface area contributed by atoms with Crippen LogP contribution in [-0.2, 0) is 13.0 Å². The summed E-state index contributed by atoms with van der Waals surface area (Å²) < 4.78 is 15.5. The molecule has 2 heterocycles. The van der Waals surface area contributed by atoms with E-state index in [2.05, 4.69) is 9.55 Å². The fourth-order valence-corrected chi connectivity index (χ4v) is 2.62. The van der Waals surface area contributed by atoms with Gasteiger partial charge in [0.15, 0.2) is 0 Å². The van der Waals surface area contributed by atoms with Crippen molar-refractivity contribution in [2.24, 2.45) is 0 Å². The highest BCUT2D eigenvalue weighted by Gasteiger charge is 2.18. The molecule has 3 heteroatoms. The highest BCUT2D eigenvalue weighted by molar-refractivity contribution is 5.63. The second-order valence-electron chi connectivity index (χ2n) is 4.58. The molecule has 0 radical (unpaired) electrons. The van der Waals surface area contributed by atoms with Gasteiger partial charge in [-0.05, 0) is 31.9 Å². The number of fused-ring (bicyclic) bond motifs is 1. The van der Waals surface area contributed by atoms with Crippen LogP contribution >= 0.6 is 0 Å². The molecule has 0 atom stereocenters. The zero-order valence-electron chi connectivity index (χ0n) is 9.91. The van der Waals surface area contributed by atoms with Gasteiger partial charge in [0.2, 0.25) is 0 Å². The van der Waals surface area contributed by atoms with E-state index in [-0.39, 0.29) is 5.82 Å². The third-order valence-corrected chi connectivity index (χ3v) is 3.35. The second-order valence-corrected chi connectivity index (χ2v) is 4.58. The lowest BCUT2D eigenvalue weighted by atomic mass is 10.1. The van der Waals surface area contributed by atoms with Gasteiger partial charge in [0.25, 0.3) is 0 Å². The van der Waals surface area contributed by atoms with Gasteiger partial charge in [0.1, 0.15) is 11.6 Å². The van der Waals surface area contributed by atoms with Gasteiger partial charge in [-0.1, -0.05) is 12.1 Å². The number of imidazole rings is 1. The van der Waals surface area contributed by atoms with Crippen LogP contribution in [0.25, 0.3) is 11.3 Å². The Morgan fingerprint density at radius 2 is 2.18 bits per heavy atom. The van der Waals surface area contributed by atoms with E-state index in [1.165, 1.54) is 18.9 Å². The molecule has 3 rings (SSSR count). The molecule has 1 aromatic heterocycles. The van der Waals surface area contributed by atoms with Crippen LogP contribution in [0.3, 0.4) is 0 Å². The molecule has 0 aliphatic carbocycles. The van der Waals surface area contributed by atoms with Gasteiger partial charge in [-0.25, -0.2) is 9.37 Å². The summed E-state index contributed by atoms with van der Waals surface area (Å²) in [6, 6.07) is 6.78. The van der Waals surface area contributed by atoms with Gasteiger partial charge < -0.3 is 4.57 Å². The summed E-state index contributed by atoms with van der Waals surface area (Å²) in [5.74, 6) is 0.960. The Hall–Kier alpha value is -1.64. The van der Waals surface area contributed by atoms with Crippen LogP contribution in [0.5, 0.6) is 0 Å². The number of rotatable bonds is 1. The first-order valence-electron chi connectivity index (χ1n) is 6.07. The normalized spacial score (nSPS) is 14.7. The van der Waals surface area contributed by atoms with Gasteiger partial charge in [-0.3, -0.25) is 0 Å². The van der Waals surface area contributed by atoms with Crippen LogP contribution in [0.2, 0.25) is 0 Å². The molecular weight excluding hydrogens is 215 g/mol. The molecular formula is C14H15FN2. The van der Waals surface area contributed by atoms with Crippen LogP contribution in [0.4, 0.5) is 4.39 Å². The van der Waals surface area contributed by atoms with E-state index >= 15 is 0 Å². The van der Waals surface area contributed by atoms with E-state index < -0.39 is 0 Å². The minimum absolute atomic E-state index is 0.187. The van der Waals surface area contributed by atoms with Crippen molar-refractivity contribution in [3.8, 4) is 11.3 Å². The summed E-state index contributed by atoms with van der Waals surface area (Å²) in [7, 11) is 0. The predicted octanol–water partition coefficient (Wildman–Crippen LogP) is 3.33. The maximum absolute atomic E-state index is 13.3. The molecule has 0 amide bonds. The molecule has 0 spiro atoms. The largest absolute Gasteiger partial charge is 0.328 e. The summed E-state index contributed by atoms with van der Waals surface area (Å²) in [6.45, 7) is 3.01. The van der Waals surface area contributed by atoms with E-state index in [4.69, 9.17) is 0 Å². The van der Waals surface area contributed by atoms with E-state index in [0.717, 1.165) is 35.7 Å². The quantitative estimate of drug-likeness (QED) is 0.734. The zero-order valence-corrected chi connectivity index (χ0v) is 9.91. The van der Waals surface area contributed by atoms with Crippen LogP contribution < -0.4 is 0 Å². The van der Waals surface area contributed by atoms with Gasteiger partial charge in [-0.15, -0.1) is 0 Å². The molecule has 0 N–H and O–H groups in total. The van der Waals surface area contributed by atoms with Gasteiger partial charge in [0, 0.05) is 18.5 Å². The third kappa shape index (κ3) is 1.75. The Balaban J connectivity index is 2.17. The topological polar surface area (TPSA) is 17.8 Å². The van der Waals surface area contributed by atoms with E-state index in [9.17, 15) is 4.39 Å². The highest BCUT2D eigenvalue weighted by Crippen LogP contribution is 2.28. The molecule has 0 unspecified atom stereocenters. The summed E-state index contributed by atoms with van der Waals surface area (Å²) in [4.78, 5) is 4.60. The molecule has 0 bridgehead atoms. The van der Waals surface area contributed by atoms with Crippen LogP contribution in [0.15, 0.2) is 24.3 Å². The summed E-state index contributed by atoms with van der Waals surface area (Å²) in [5.41, 5.74) is 3.02. The van der Waals surface area contributed by atoms with Crippen molar-refractivity contribution in [2.75, 3.05) is 0 Å². The van der Waals surface area contributed by atoms with E-state index in [0.29, 0.717) is 0 Å². The minimum Gasteiger partial charge on any atom is -0.328 e. The summed E-state index contributed by atoms with van der Waals surface area (Å²) in [6.07, 6.45) is 3.43. The lowest BCUT2D eigenvalue weighted by Crippen LogP contribution is -2.11. The molecule has 1 aliphatic heterocycles. The number of halogens is 1. The van der Waals surface area contributed by atoms with Crippen molar-refractivity contribution in [2.45, 2.75) is 32.7 Å². The molecule has 0 saturated heterocycles. The Morgan fingerprint density at radius 3 is 3.00 bits per heavy atom. The monoisotopic (exact) mass is 230 g/mol. The van der Waals surface area contributed by atoms with Crippen molar-refractivity contribution < 1.29 is 4.39 Å². The average Bonchev–Trinajstić information content (AvgIpc) is 2.64. The maximum atomic E-state index is 13.3. The molecule has 0 fully saturated rings. The fourth-order valence-electron chi connectivity index (χ4n) is 2.62. The molecule has 17 heavy (non-hydrogen) atoms. The highest BCUT2D eigenvalue weighted by atomic mass is 19.1. The van der Waals surface area contributed by atoms with Crippen molar-refractivity contribution in [1.82, 2.24) is 9.55 Å². The molecule has 1 aromatic carbocycles. The maximum Gasteiger partial charge on any atom is 0.123 e. The van der Waals surface area contributed by atoms with Crippen molar-refractivity contribution in [1.29, 1.82) is 0 Å². The summed E-state index contributed by atoms with van der Waals surface area (Å²) in [5, 5.41) is 0. The average molecular weight is 230 g/mol. The second kappa shape index (κ2) is 3.99. The first-order valence-corrected chi connectivity index (χ1v) is 6.07. The smallest absolute Gasteiger partial charge is 0.123 e. The lowest BCUT2D eigenvalue weighted by Gasteiger charge is -2.16. The Kier molecular flexibility index (Phi) is 2.46. The van der Waals surface area contributed by atoms with Gasteiger partial charge >= 0.3 is 0 Å². The number of aryl methyl sites for hydroxylation is 2. The molecule has 2 nitrogen and oxygen atoms in total. The fraction of sp³-hybridized carbons (Fsp3) is 0.357. The summed E-state index contributed by atoms with van der Waals surface area (Å²) >= 11 is 0. The van der Waals surface area contributed by atoms with Crippen LogP contribution in [0.1, 0.15) is 24.4 Å². The minimum atomic E-state index is -0.187. The standard InChI is InChI=1S/C14H15FN2/c1-10-14(11-5-4-6-12(15)9-11)17-8-3-2-7-13(17)16-10/h4-6,9H,2-3,7-8H2,1H3. The van der Waals surface area contributed by atoms with Gasteiger partial charge in [-0.2, -0.15) is 0 Å². The molecule has 0 saturated carbocycles. The molecule has 1 aliphatic rings. The van der Waals surface area contributed by atoms with Gasteiger partial charge in [0.05, 0.1) is 11.4 Å². The SMILES string of the molecule is Cc1nc2n(c1-c1cccc(F)c1)CCCC2. The van der Waals surface area contributed by atoms with E-state index in [1.807, 2.05) is 13.0 Å². The first kappa shape index (κ1) is 10.5. The number of benzene rings is 1. The number of hydrogen-bond donors (Lipinski definition) is 0. The lowest BCUT2D eigenvalue weighted by molar-refractivity contribution is 0.525. The van der Waals surface area contributed by atoms with E-state index in [1.54, 1.807) is 12.1 Å². The zero-order chi connectivity index (χ0) is 11.8. The third-order valence-electron chi connectivity index (χ3n) is 3.35. The Labute approximate surface area is 100 Å². The van der Waals surface area contributed by atoms with Crippen molar-refractivity contribution in [3.63, 3.8) is 0 Å². The number of aromatic nitrogens is 2. The number of hydrogen-bond acceptors (Lipinski definition) is 1. The van der Waals surface area contributed by atoms with Crippen molar-refractivity contribution >= 4 is 0 Å². The number of nitrogens with zero attached hydrogens (tertiary/aromatic N) is 2.